The molecular weight excluding hydrogens is 433 g/mol. The first-order chi connectivity index (χ1) is 11.8. The van der Waals surface area contributed by atoms with E-state index in [2.05, 4.69) is 34.2 Å². The zero-order valence-corrected chi connectivity index (χ0v) is 16.9. The number of aliphatic imine (C=N–C) groups is 1. The number of guanidine groups is 1. The van der Waals surface area contributed by atoms with Gasteiger partial charge in [-0.05, 0) is 24.0 Å². The molecule has 140 valence electrons. The number of benzene rings is 1. The lowest BCUT2D eigenvalue weighted by molar-refractivity contribution is -0.0390. The molecular formula is C18H28IN3O3. The Morgan fingerprint density at radius 3 is 2.32 bits per heavy atom. The fourth-order valence-electron chi connectivity index (χ4n) is 2.86. The van der Waals surface area contributed by atoms with Crippen molar-refractivity contribution in [3.63, 3.8) is 0 Å². The van der Waals surface area contributed by atoms with Crippen LogP contribution < -0.4 is 5.73 Å². The topological polar surface area (TPSA) is 69.3 Å². The zero-order valence-electron chi connectivity index (χ0n) is 14.6. The van der Waals surface area contributed by atoms with E-state index >= 15 is 0 Å². The summed E-state index contributed by atoms with van der Waals surface area (Å²) in [6.45, 7) is 5.96. The Kier molecular flexibility index (Phi) is 8.94. The SMILES string of the molecule is I.NC(=NCc1ccc(COC2CCOCC2)cc1)N1CCOCC1. The summed E-state index contributed by atoms with van der Waals surface area (Å²) in [7, 11) is 0. The third-order valence-corrected chi connectivity index (χ3v) is 4.44. The summed E-state index contributed by atoms with van der Waals surface area (Å²) < 4.78 is 16.6. The smallest absolute Gasteiger partial charge is 0.191 e. The van der Waals surface area contributed by atoms with Crippen LogP contribution in [-0.4, -0.2) is 56.5 Å². The first kappa shape index (κ1) is 20.4. The highest BCUT2D eigenvalue weighted by Gasteiger charge is 2.14. The average molecular weight is 461 g/mol. The largest absolute Gasteiger partial charge is 0.381 e. The van der Waals surface area contributed by atoms with Crippen LogP contribution in [0.1, 0.15) is 24.0 Å². The lowest BCUT2D eigenvalue weighted by atomic mass is 10.1. The predicted octanol–water partition coefficient (Wildman–Crippen LogP) is 2.15. The van der Waals surface area contributed by atoms with E-state index in [0.717, 1.165) is 57.9 Å². The van der Waals surface area contributed by atoms with Gasteiger partial charge in [-0.3, -0.25) is 0 Å². The Balaban J connectivity index is 0.00000225. The van der Waals surface area contributed by atoms with Crippen LogP contribution in [-0.2, 0) is 27.4 Å². The van der Waals surface area contributed by atoms with Crippen LogP contribution in [0, 0.1) is 0 Å². The van der Waals surface area contributed by atoms with E-state index in [1.807, 2.05) is 0 Å². The summed E-state index contributed by atoms with van der Waals surface area (Å²) in [5, 5.41) is 0. The van der Waals surface area contributed by atoms with Gasteiger partial charge in [0.25, 0.3) is 0 Å². The van der Waals surface area contributed by atoms with Crippen molar-refractivity contribution in [1.29, 1.82) is 0 Å². The van der Waals surface area contributed by atoms with Crippen LogP contribution in [0.5, 0.6) is 0 Å². The van der Waals surface area contributed by atoms with E-state index in [9.17, 15) is 0 Å². The summed E-state index contributed by atoms with van der Waals surface area (Å²) in [5.74, 6) is 0.602. The Morgan fingerprint density at radius 1 is 1.04 bits per heavy atom. The van der Waals surface area contributed by atoms with Crippen molar-refractivity contribution < 1.29 is 14.2 Å². The second-order valence-corrected chi connectivity index (χ2v) is 6.21. The molecule has 0 unspecified atom stereocenters. The first-order valence-corrected chi connectivity index (χ1v) is 8.71. The van der Waals surface area contributed by atoms with Crippen molar-refractivity contribution in [2.24, 2.45) is 10.7 Å². The fourth-order valence-corrected chi connectivity index (χ4v) is 2.86. The van der Waals surface area contributed by atoms with Gasteiger partial charge in [0.05, 0.1) is 32.5 Å². The molecule has 25 heavy (non-hydrogen) atoms. The van der Waals surface area contributed by atoms with Gasteiger partial charge in [-0.25, -0.2) is 4.99 Å². The molecule has 2 aliphatic rings. The van der Waals surface area contributed by atoms with Crippen LogP contribution in [0.3, 0.4) is 0 Å². The molecule has 0 aliphatic carbocycles. The quantitative estimate of drug-likeness (QED) is 0.414. The van der Waals surface area contributed by atoms with Gasteiger partial charge >= 0.3 is 0 Å². The number of morpholine rings is 1. The molecule has 2 heterocycles. The second-order valence-electron chi connectivity index (χ2n) is 6.21. The van der Waals surface area contributed by atoms with Gasteiger partial charge < -0.3 is 24.8 Å². The van der Waals surface area contributed by atoms with E-state index < -0.39 is 0 Å². The molecule has 7 heteroatoms. The lowest BCUT2D eigenvalue weighted by Crippen LogP contribution is -2.44. The maximum Gasteiger partial charge on any atom is 0.191 e. The number of ether oxygens (including phenoxy) is 3. The molecule has 0 saturated carbocycles. The number of rotatable bonds is 5. The van der Waals surface area contributed by atoms with Gasteiger partial charge in [0, 0.05) is 26.3 Å². The standard InChI is InChI=1S/C18H27N3O3.HI/c19-18(21-7-11-23-12-8-21)20-13-15-1-3-16(4-2-15)14-24-17-5-9-22-10-6-17;/h1-4,17H,5-14H2,(H2,19,20);1H. The number of hydrogen-bond acceptors (Lipinski definition) is 4. The minimum absolute atomic E-state index is 0. The van der Waals surface area contributed by atoms with Crippen molar-refractivity contribution in [3.8, 4) is 0 Å². The first-order valence-electron chi connectivity index (χ1n) is 8.71. The number of halogens is 1. The van der Waals surface area contributed by atoms with E-state index in [-0.39, 0.29) is 24.0 Å². The third-order valence-electron chi connectivity index (χ3n) is 4.44. The summed E-state index contributed by atoms with van der Waals surface area (Å²) in [4.78, 5) is 6.56. The van der Waals surface area contributed by atoms with Gasteiger partial charge in [-0.15, -0.1) is 24.0 Å². The molecule has 2 N–H and O–H groups in total. The van der Waals surface area contributed by atoms with E-state index in [1.165, 1.54) is 5.56 Å². The van der Waals surface area contributed by atoms with Crippen molar-refractivity contribution in [2.45, 2.75) is 32.1 Å². The van der Waals surface area contributed by atoms with Crippen molar-refractivity contribution >= 4 is 29.9 Å². The maximum atomic E-state index is 6.05. The lowest BCUT2D eigenvalue weighted by Gasteiger charge is -2.27. The monoisotopic (exact) mass is 461 g/mol. The molecule has 0 radical (unpaired) electrons. The van der Waals surface area contributed by atoms with Gasteiger partial charge in [0.15, 0.2) is 5.96 Å². The Morgan fingerprint density at radius 2 is 1.64 bits per heavy atom. The average Bonchev–Trinajstić information content (AvgIpc) is 2.67. The van der Waals surface area contributed by atoms with Gasteiger partial charge in [-0.1, -0.05) is 24.3 Å². The highest BCUT2D eigenvalue weighted by atomic mass is 127. The molecule has 1 aromatic rings. The molecule has 3 rings (SSSR count). The molecule has 2 fully saturated rings. The van der Waals surface area contributed by atoms with Crippen LogP contribution >= 0.6 is 24.0 Å². The van der Waals surface area contributed by atoms with E-state index in [0.29, 0.717) is 25.2 Å². The Hall–Kier alpha value is -0.900. The van der Waals surface area contributed by atoms with Gasteiger partial charge in [0.2, 0.25) is 0 Å². The Bertz CT molecular complexity index is 527. The minimum atomic E-state index is 0. The molecule has 2 saturated heterocycles. The highest BCUT2D eigenvalue weighted by Crippen LogP contribution is 2.14. The number of nitrogens with two attached hydrogens (primary N) is 1. The number of hydrogen-bond donors (Lipinski definition) is 1. The molecule has 0 amide bonds. The molecule has 2 aliphatic heterocycles. The second kappa shape index (κ2) is 10.9. The van der Waals surface area contributed by atoms with Crippen LogP contribution in [0.25, 0.3) is 0 Å². The third kappa shape index (κ3) is 6.73. The summed E-state index contributed by atoms with van der Waals surface area (Å²) >= 11 is 0. The van der Waals surface area contributed by atoms with Crippen LogP contribution in [0.2, 0.25) is 0 Å². The van der Waals surface area contributed by atoms with Crippen molar-refractivity contribution in [2.75, 3.05) is 39.5 Å². The van der Waals surface area contributed by atoms with Gasteiger partial charge in [0.1, 0.15) is 0 Å². The predicted molar refractivity (Wildman–Crippen MR) is 108 cm³/mol. The molecule has 1 aromatic carbocycles. The number of nitrogens with zero attached hydrogens (tertiary/aromatic N) is 2. The molecule has 0 atom stereocenters. The summed E-state index contributed by atoms with van der Waals surface area (Å²) in [5.41, 5.74) is 8.39. The van der Waals surface area contributed by atoms with Crippen molar-refractivity contribution in [3.05, 3.63) is 35.4 Å². The Labute approximate surface area is 166 Å². The summed E-state index contributed by atoms with van der Waals surface area (Å²) in [6.07, 6.45) is 2.32. The maximum absolute atomic E-state index is 6.05. The molecule has 0 aromatic heterocycles. The van der Waals surface area contributed by atoms with E-state index in [1.54, 1.807) is 0 Å². The minimum Gasteiger partial charge on any atom is -0.381 e. The molecule has 0 bridgehead atoms. The molecule has 0 spiro atoms. The van der Waals surface area contributed by atoms with Crippen LogP contribution in [0.4, 0.5) is 0 Å². The van der Waals surface area contributed by atoms with Crippen LogP contribution in [0.15, 0.2) is 29.3 Å². The normalized spacial score (nSPS) is 19.5. The zero-order chi connectivity index (χ0) is 16.6. The van der Waals surface area contributed by atoms with E-state index in [4.69, 9.17) is 19.9 Å². The van der Waals surface area contributed by atoms with Crippen molar-refractivity contribution in [1.82, 2.24) is 4.90 Å². The summed E-state index contributed by atoms with van der Waals surface area (Å²) in [6, 6.07) is 8.40. The highest BCUT2D eigenvalue weighted by molar-refractivity contribution is 14.0. The molecule has 6 nitrogen and oxygen atoms in total. The van der Waals surface area contributed by atoms with Gasteiger partial charge in [-0.2, -0.15) is 0 Å². The fraction of sp³-hybridized carbons (Fsp3) is 0.611.